The van der Waals surface area contributed by atoms with Gasteiger partial charge in [0.2, 0.25) is 5.91 Å². The van der Waals surface area contributed by atoms with E-state index < -0.39 is 12.1 Å². The molecular formula is C21H31N5O4S2. The second-order valence-corrected chi connectivity index (χ2v) is 10.5. The lowest BCUT2D eigenvalue weighted by atomic mass is 9.83. The van der Waals surface area contributed by atoms with Crippen molar-refractivity contribution in [2.24, 2.45) is 0 Å². The van der Waals surface area contributed by atoms with Crippen molar-refractivity contribution < 1.29 is 19.5 Å². The van der Waals surface area contributed by atoms with E-state index in [1.165, 1.54) is 39.1 Å². The van der Waals surface area contributed by atoms with Gasteiger partial charge in [0.05, 0.1) is 5.69 Å². The van der Waals surface area contributed by atoms with Gasteiger partial charge in [0.25, 0.3) is 0 Å². The highest BCUT2D eigenvalue weighted by Gasteiger charge is 2.25. The first-order valence-electron chi connectivity index (χ1n) is 10.3. The summed E-state index contributed by atoms with van der Waals surface area (Å²) < 4.78 is 0. The van der Waals surface area contributed by atoms with Crippen molar-refractivity contribution >= 4 is 45.8 Å². The number of hydrogen-bond donors (Lipinski definition) is 5. The highest BCUT2D eigenvalue weighted by molar-refractivity contribution is 7.14. The zero-order chi connectivity index (χ0) is 23.9. The Hall–Kier alpha value is -2.66. The largest absolute Gasteiger partial charge is 0.464 e. The van der Waals surface area contributed by atoms with Crippen LogP contribution < -0.4 is 21.5 Å². The molecule has 0 unspecified atom stereocenters. The maximum atomic E-state index is 11.5. The number of carbonyl (C=O) groups excluding carboxylic acids is 2. The third-order valence-corrected chi connectivity index (χ3v) is 6.88. The van der Waals surface area contributed by atoms with Crippen molar-refractivity contribution in [3.05, 3.63) is 32.0 Å². The summed E-state index contributed by atoms with van der Waals surface area (Å²) in [5, 5.41) is 16.5. The van der Waals surface area contributed by atoms with E-state index in [1.54, 1.807) is 0 Å². The zero-order valence-electron chi connectivity index (χ0n) is 19.0. The number of thiophene rings is 1. The molecule has 0 fully saturated rings. The molecule has 0 aliphatic rings. The molecule has 0 saturated heterocycles. The van der Waals surface area contributed by atoms with Crippen LogP contribution in [0.2, 0.25) is 0 Å². The van der Waals surface area contributed by atoms with E-state index in [2.05, 4.69) is 43.3 Å². The van der Waals surface area contributed by atoms with Crippen LogP contribution >= 0.6 is 22.7 Å². The number of hydrogen-bond acceptors (Lipinski definition) is 6. The number of nitrogens with one attached hydrogen (secondary N) is 4. The number of carboxylic acid groups (broad SMARTS) is 1. The van der Waals surface area contributed by atoms with E-state index in [-0.39, 0.29) is 11.3 Å². The molecule has 4 amide bonds. The van der Waals surface area contributed by atoms with Gasteiger partial charge in [0.1, 0.15) is 0 Å². The minimum atomic E-state index is -1.32. The molecule has 2 rings (SSSR count). The Labute approximate surface area is 196 Å². The standard InChI is InChI=1S/C21H31N5O4S2/c1-12-15(7-6-10-22-18(28)25-26-20(29)30)32-16(17(12)21(3,4)5)9-8-14-11-31-19(24-14)23-13(2)27/h11,26H,6-10H2,1-5H3,(H,29,30)(H2,22,25,28)(H,23,24,27). The summed E-state index contributed by atoms with van der Waals surface area (Å²) in [6.07, 6.45) is 1.94. The van der Waals surface area contributed by atoms with E-state index in [4.69, 9.17) is 5.11 Å². The lowest BCUT2D eigenvalue weighted by molar-refractivity contribution is -0.114. The Morgan fingerprint density at radius 1 is 1.09 bits per heavy atom. The fourth-order valence-corrected chi connectivity index (χ4v) is 5.85. The first-order chi connectivity index (χ1) is 15.0. The number of nitrogens with zero attached hydrogens (tertiary/aromatic N) is 1. The van der Waals surface area contributed by atoms with Crippen LogP contribution in [0.25, 0.3) is 0 Å². The third kappa shape index (κ3) is 7.79. The first-order valence-corrected chi connectivity index (χ1v) is 12.0. The number of urea groups is 1. The SMILES string of the molecule is CC(=O)Nc1nc(CCc2sc(CCCNC(=O)NNC(=O)O)c(C)c2C(C)(C)C)cs1. The van der Waals surface area contributed by atoms with Gasteiger partial charge in [0.15, 0.2) is 5.13 Å². The summed E-state index contributed by atoms with van der Waals surface area (Å²) in [6.45, 7) is 10.7. The molecule has 0 saturated carbocycles. The Morgan fingerprint density at radius 2 is 1.81 bits per heavy atom. The van der Waals surface area contributed by atoms with Crippen molar-refractivity contribution in [3.63, 3.8) is 0 Å². The summed E-state index contributed by atoms with van der Waals surface area (Å²) in [4.78, 5) is 40.2. The van der Waals surface area contributed by atoms with E-state index in [1.807, 2.05) is 27.6 Å². The lowest BCUT2D eigenvalue weighted by Gasteiger charge is -2.21. The number of aromatic nitrogens is 1. The molecule has 0 atom stereocenters. The molecule has 0 aliphatic carbocycles. The molecule has 0 spiro atoms. The number of amides is 4. The Morgan fingerprint density at radius 3 is 2.44 bits per heavy atom. The molecule has 5 N–H and O–H groups in total. The van der Waals surface area contributed by atoms with Gasteiger partial charge in [-0.2, -0.15) is 0 Å². The molecule has 9 nitrogen and oxygen atoms in total. The predicted molar refractivity (Wildman–Crippen MR) is 128 cm³/mol. The maximum absolute atomic E-state index is 11.5. The van der Waals surface area contributed by atoms with Crippen molar-refractivity contribution in [1.29, 1.82) is 0 Å². The van der Waals surface area contributed by atoms with Gasteiger partial charge in [-0.1, -0.05) is 20.8 Å². The molecule has 2 aromatic heterocycles. The lowest BCUT2D eigenvalue weighted by Crippen LogP contribution is -2.46. The maximum Gasteiger partial charge on any atom is 0.423 e. The molecular weight excluding hydrogens is 450 g/mol. The average Bonchev–Trinajstić information content (AvgIpc) is 3.24. The summed E-state index contributed by atoms with van der Waals surface area (Å²) in [6, 6.07) is -0.576. The van der Waals surface area contributed by atoms with Crippen LogP contribution in [0.4, 0.5) is 14.7 Å². The molecule has 2 aromatic rings. The van der Waals surface area contributed by atoms with Crippen LogP contribution in [0.5, 0.6) is 0 Å². The van der Waals surface area contributed by atoms with E-state index >= 15 is 0 Å². The molecule has 0 aromatic carbocycles. The number of carbonyl (C=O) groups is 3. The molecule has 0 radical (unpaired) electrons. The van der Waals surface area contributed by atoms with Crippen LogP contribution in [-0.2, 0) is 29.5 Å². The highest BCUT2D eigenvalue weighted by atomic mass is 32.1. The van der Waals surface area contributed by atoms with Crippen molar-refractivity contribution in [3.8, 4) is 0 Å². The molecule has 2 heterocycles. The Kier molecular flexibility index (Phi) is 9.02. The summed E-state index contributed by atoms with van der Waals surface area (Å²) >= 11 is 3.25. The normalized spacial score (nSPS) is 11.2. The van der Waals surface area contributed by atoms with Crippen LogP contribution in [0, 0.1) is 6.92 Å². The average molecular weight is 482 g/mol. The Bertz CT molecular complexity index is 962. The third-order valence-electron chi connectivity index (χ3n) is 4.66. The van der Waals surface area contributed by atoms with E-state index in [0.717, 1.165) is 31.4 Å². The van der Waals surface area contributed by atoms with Crippen LogP contribution in [0.1, 0.15) is 60.7 Å². The van der Waals surface area contributed by atoms with E-state index in [0.29, 0.717) is 11.7 Å². The van der Waals surface area contributed by atoms with Crippen molar-refractivity contribution in [2.45, 2.75) is 65.7 Å². The van der Waals surface area contributed by atoms with Crippen molar-refractivity contribution in [2.75, 3.05) is 11.9 Å². The van der Waals surface area contributed by atoms with Gasteiger partial charge in [-0.15, -0.1) is 22.7 Å². The summed E-state index contributed by atoms with van der Waals surface area (Å²) in [7, 11) is 0. The quantitative estimate of drug-likeness (QED) is 0.287. The molecule has 11 heteroatoms. The first kappa shape index (κ1) is 25.6. The number of anilines is 1. The number of hydrazine groups is 1. The topological polar surface area (TPSA) is 132 Å². The van der Waals surface area contributed by atoms with E-state index in [9.17, 15) is 14.4 Å². The van der Waals surface area contributed by atoms with Crippen molar-refractivity contribution in [1.82, 2.24) is 21.2 Å². The highest BCUT2D eigenvalue weighted by Crippen LogP contribution is 2.38. The van der Waals surface area contributed by atoms with Crippen LogP contribution in [0.15, 0.2) is 5.38 Å². The Balaban J connectivity index is 2.00. The number of thiazole rings is 1. The van der Waals surface area contributed by atoms with Gasteiger partial charge in [-0.05, 0) is 49.1 Å². The van der Waals surface area contributed by atoms with Gasteiger partial charge >= 0.3 is 12.1 Å². The number of rotatable bonds is 8. The smallest absolute Gasteiger partial charge is 0.423 e. The second kappa shape index (κ2) is 11.3. The molecule has 0 bridgehead atoms. The fraction of sp³-hybridized carbons (Fsp3) is 0.524. The molecule has 0 aliphatic heterocycles. The second-order valence-electron chi connectivity index (χ2n) is 8.44. The molecule has 32 heavy (non-hydrogen) atoms. The van der Waals surface area contributed by atoms with Gasteiger partial charge in [0, 0.05) is 28.6 Å². The molecule has 176 valence electrons. The predicted octanol–water partition coefficient (Wildman–Crippen LogP) is 3.97. The summed E-state index contributed by atoms with van der Waals surface area (Å²) in [5.74, 6) is -0.121. The monoisotopic (exact) mass is 481 g/mol. The van der Waals surface area contributed by atoms with Gasteiger partial charge in [-0.25, -0.2) is 25.4 Å². The van der Waals surface area contributed by atoms with Gasteiger partial charge < -0.3 is 15.7 Å². The van der Waals surface area contributed by atoms with Crippen LogP contribution in [-0.4, -0.2) is 34.7 Å². The number of aryl methyl sites for hydroxylation is 3. The van der Waals surface area contributed by atoms with Crippen LogP contribution in [0.3, 0.4) is 0 Å². The zero-order valence-corrected chi connectivity index (χ0v) is 20.7. The minimum Gasteiger partial charge on any atom is -0.464 e. The fourth-order valence-electron chi connectivity index (χ4n) is 3.50. The van der Waals surface area contributed by atoms with Gasteiger partial charge in [-0.3, -0.25) is 4.79 Å². The summed E-state index contributed by atoms with van der Waals surface area (Å²) in [5.41, 5.74) is 7.50. The minimum absolute atomic E-state index is 0.0121.